The number of aryl methyl sites for hydroxylation is 1. The van der Waals surface area contributed by atoms with Crippen molar-refractivity contribution in [2.24, 2.45) is 12.8 Å². The minimum absolute atomic E-state index is 0.217. The van der Waals surface area contributed by atoms with Crippen molar-refractivity contribution in [3.8, 4) is 0 Å². The van der Waals surface area contributed by atoms with E-state index >= 15 is 0 Å². The van der Waals surface area contributed by atoms with E-state index in [1.807, 2.05) is 0 Å². The summed E-state index contributed by atoms with van der Waals surface area (Å²) in [6, 6.07) is 6.58. The number of nitrogens with one attached hydrogen (secondary N) is 1. The number of hydrogen-bond donors (Lipinski definition) is 2. The van der Waals surface area contributed by atoms with E-state index in [0.717, 1.165) is 5.56 Å². The van der Waals surface area contributed by atoms with Crippen LogP contribution in [0.5, 0.6) is 0 Å². The second-order valence-corrected chi connectivity index (χ2v) is 6.10. The van der Waals surface area contributed by atoms with Crippen LogP contribution < -0.4 is 10.5 Å². The fraction of sp³-hybridized carbons (Fsp3) is 0.333. The van der Waals surface area contributed by atoms with Gasteiger partial charge in [-0.2, -0.15) is 5.10 Å². The van der Waals surface area contributed by atoms with Gasteiger partial charge in [-0.25, -0.2) is 18.1 Å². The molecular weight excluding hydrogens is 278 g/mol. The van der Waals surface area contributed by atoms with Gasteiger partial charge in [0.1, 0.15) is 6.33 Å². The third kappa shape index (κ3) is 3.62. The van der Waals surface area contributed by atoms with Gasteiger partial charge in [-0.3, -0.25) is 4.68 Å². The maximum atomic E-state index is 12.1. The first-order valence-electron chi connectivity index (χ1n) is 6.14. The predicted octanol–water partition coefficient (Wildman–Crippen LogP) is -0.205. The summed E-state index contributed by atoms with van der Waals surface area (Å²) in [4.78, 5) is 4.25. The highest BCUT2D eigenvalue weighted by atomic mass is 32.2. The van der Waals surface area contributed by atoms with Crippen LogP contribution in [0.15, 0.2) is 35.5 Å². The molecule has 0 fully saturated rings. The lowest BCUT2D eigenvalue weighted by molar-refractivity contribution is 0.580. The van der Waals surface area contributed by atoms with Gasteiger partial charge in [-0.1, -0.05) is 12.1 Å². The van der Waals surface area contributed by atoms with Crippen LogP contribution in [0.3, 0.4) is 0 Å². The third-order valence-corrected chi connectivity index (χ3v) is 4.19. The van der Waals surface area contributed by atoms with Gasteiger partial charge in [0.05, 0.1) is 4.90 Å². The van der Waals surface area contributed by atoms with Crippen LogP contribution in [0.1, 0.15) is 11.4 Å². The molecule has 0 saturated heterocycles. The first-order valence-corrected chi connectivity index (χ1v) is 7.63. The van der Waals surface area contributed by atoms with E-state index in [9.17, 15) is 8.42 Å². The zero-order valence-electron chi connectivity index (χ0n) is 11.2. The fourth-order valence-corrected chi connectivity index (χ4v) is 2.82. The quantitative estimate of drug-likeness (QED) is 0.768. The Labute approximate surface area is 117 Å². The first kappa shape index (κ1) is 14.6. The highest BCUT2D eigenvalue weighted by Gasteiger charge is 2.14. The second-order valence-electron chi connectivity index (χ2n) is 4.33. The van der Waals surface area contributed by atoms with E-state index in [2.05, 4.69) is 14.8 Å². The van der Waals surface area contributed by atoms with Crippen LogP contribution in [0.2, 0.25) is 0 Å². The summed E-state index contributed by atoms with van der Waals surface area (Å²) in [5.41, 5.74) is 6.28. The average molecular weight is 295 g/mol. The smallest absolute Gasteiger partial charge is 0.240 e. The molecule has 0 amide bonds. The van der Waals surface area contributed by atoms with Crippen LogP contribution in [0, 0.1) is 0 Å². The van der Waals surface area contributed by atoms with E-state index in [1.165, 1.54) is 0 Å². The monoisotopic (exact) mass is 295 g/mol. The van der Waals surface area contributed by atoms with Crippen molar-refractivity contribution in [2.75, 3.05) is 6.54 Å². The highest BCUT2D eigenvalue weighted by Crippen LogP contribution is 2.10. The van der Waals surface area contributed by atoms with Gasteiger partial charge in [0.25, 0.3) is 0 Å². The fourth-order valence-electron chi connectivity index (χ4n) is 1.72. The summed E-state index contributed by atoms with van der Waals surface area (Å²) >= 11 is 0. The lowest BCUT2D eigenvalue weighted by atomic mass is 10.2. The Hall–Kier alpha value is -1.77. The van der Waals surface area contributed by atoms with Gasteiger partial charge in [-0.15, -0.1) is 0 Å². The molecule has 0 aliphatic rings. The Kier molecular flexibility index (Phi) is 4.48. The Bertz CT molecular complexity index is 681. The molecule has 2 aromatic rings. The molecule has 0 radical (unpaired) electrons. The van der Waals surface area contributed by atoms with E-state index in [-0.39, 0.29) is 11.4 Å². The van der Waals surface area contributed by atoms with E-state index in [0.29, 0.717) is 18.8 Å². The molecule has 0 saturated carbocycles. The average Bonchev–Trinajstić information content (AvgIpc) is 2.84. The van der Waals surface area contributed by atoms with Gasteiger partial charge in [0, 0.05) is 26.6 Å². The van der Waals surface area contributed by atoms with Crippen molar-refractivity contribution in [3.05, 3.63) is 42.0 Å². The zero-order valence-corrected chi connectivity index (χ0v) is 12.0. The van der Waals surface area contributed by atoms with Crippen molar-refractivity contribution in [3.63, 3.8) is 0 Å². The lowest BCUT2D eigenvalue weighted by Crippen LogP contribution is -2.26. The Morgan fingerprint density at radius 2 is 2.20 bits per heavy atom. The zero-order chi connectivity index (χ0) is 14.6. The highest BCUT2D eigenvalue weighted by molar-refractivity contribution is 7.89. The third-order valence-electron chi connectivity index (χ3n) is 2.73. The molecule has 0 aliphatic carbocycles. The summed E-state index contributed by atoms with van der Waals surface area (Å²) in [6.07, 6.45) is 2.02. The molecule has 1 aromatic carbocycles. The molecule has 0 atom stereocenters. The van der Waals surface area contributed by atoms with Crippen molar-refractivity contribution >= 4 is 10.0 Å². The van der Waals surface area contributed by atoms with Gasteiger partial charge in [0.15, 0.2) is 5.82 Å². The standard InChI is InChI=1S/C12H17N5O2S/c1-17-9-14-12(16-17)5-6-15-20(18,19)11-4-2-3-10(7-11)8-13/h2-4,7,9,15H,5-6,8,13H2,1H3. The van der Waals surface area contributed by atoms with Crippen LogP contribution in [0.4, 0.5) is 0 Å². The lowest BCUT2D eigenvalue weighted by Gasteiger charge is -2.07. The molecule has 0 spiro atoms. The molecule has 8 heteroatoms. The number of nitrogens with zero attached hydrogens (tertiary/aromatic N) is 3. The number of rotatable bonds is 6. The van der Waals surface area contributed by atoms with E-state index < -0.39 is 10.0 Å². The summed E-state index contributed by atoms with van der Waals surface area (Å²) in [6.45, 7) is 0.556. The summed E-state index contributed by atoms with van der Waals surface area (Å²) in [5.74, 6) is 0.603. The number of nitrogens with two attached hydrogens (primary N) is 1. The summed E-state index contributed by atoms with van der Waals surface area (Å²) < 4.78 is 28.3. The molecule has 1 aromatic heterocycles. The van der Waals surface area contributed by atoms with Crippen molar-refractivity contribution in [1.29, 1.82) is 0 Å². The molecule has 108 valence electrons. The van der Waals surface area contributed by atoms with Crippen molar-refractivity contribution in [1.82, 2.24) is 19.5 Å². The van der Waals surface area contributed by atoms with Gasteiger partial charge >= 0.3 is 0 Å². The molecule has 0 aliphatic heterocycles. The molecule has 20 heavy (non-hydrogen) atoms. The van der Waals surface area contributed by atoms with Gasteiger partial charge in [0.2, 0.25) is 10.0 Å². The summed E-state index contributed by atoms with van der Waals surface area (Å²) in [7, 11) is -1.76. The maximum Gasteiger partial charge on any atom is 0.240 e. The molecule has 7 nitrogen and oxygen atoms in total. The summed E-state index contributed by atoms with van der Waals surface area (Å²) in [5, 5.41) is 4.08. The van der Waals surface area contributed by atoms with Crippen LogP contribution in [-0.4, -0.2) is 29.7 Å². The molecule has 0 unspecified atom stereocenters. The number of benzene rings is 1. The van der Waals surface area contributed by atoms with Crippen molar-refractivity contribution < 1.29 is 8.42 Å². The Morgan fingerprint density at radius 1 is 1.40 bits per heavy atom. The Morgan fingerprint density at radius 3 is 2.85 bits per heavy atom. The minimum Gasteiger partial charge on any atom is -0.326 e. The van der Waals surface area contributed by atoms with Crippen LogP contribution >= 0.6 is 0 Å². The van der Waals surface area contributed by atoms with Crippen LogP contribution in [-0.2, 0) is 30.0 Å². The number of sulfonamides is 1. The molecule has 3 N–H and O–H groups in total. The number of hydrogen-bond acceptors (Lipinski definition) is 5. The predicted molar refractivity (Wildman–Crippen MR) is 74.2 cm³/mol. The Balaban J connectivity index is 2.00. The van der Waals surface area contributed by atoms with Crippen molar-refractivity contribution in [2.45, 2.75) is 17.9 Å². The maximum absolute atomic E-state index is 12.1. The first-order chi connectivity index (χ1) is 9.51. The SMILES string of the molecule is Cn1cnc(CCNS(=O)(=O)c2cccc(CN)c2)n1. The molecular formula is C12H17N5O2S. The molecule has 1 heterocycles. The molecule has 2 rings (SSSR count). The number of aromatic nitrogens is 3. The topological polar surface area (TPSA) is 103 Å². The van der Waals surface area contributed by atoms with Crippen LogP contribution in [0.25, 0.3) is 0 Å². The van der Waals surface area contributed by atoms with E-state index in [1.54, 1.807) is 42.3 Å². The second kappa shape index (κ2) is 6.12. The molecule has 0 bridgehead atoms. The van der Waals surface area contributed by atoms with Gasteiger partial charge in [-0.05, 0) is 17.7 Å². The van der Waals surface area contributed by atoms with E-state index in [4.69, 9.17) is 5.73 Å². The largest absolute Gasteiger partial charge is 0.326 e. The minimum atomic E-state index is -3.52. The normalized spacial score (nSPS) is 11.7. The van der Waals surface area contributed by atoms with Gasteiger partial charge < -0.3 is 5.73 Å².